The Morgan fingerprint density at radius 1 is 1.18 bits per heavy atom. The van der Waals surface area contributed by atoms with Crippen LogP contribution in [0.25, 0.3) is 21.8 Å². The van der Waals surface area contributed by atoms with E-state index in [-0.39, 0.29) is 23.7 Å². The number of hydrogen-bond donors (Lipinski definition) is 3. The monoisotopic (exact) mass is 517 g/mol. The third-order valence-corrected chi connectivity index (χ3v) is 9.28. The minimum atomic E-state index is -0.716. The molecule has 4 N–H and O–H groups in total. The SMILES string of the molecule is CN1CC[C@@]2(CCCN(c3ncc(C(N)=O)c4[nH]c5cc(C6CCC(CC(=O)O)CC6)ccc5c34)C2)C1=O. The quantitative estimate of drug-likeness (QED) is 0.468. The molecule has 1 spiro atoms. The van der Waals surface area contributed by atoms with Gasteiger partial charge in [-0.25, -0.2) is 4.98 Å². The van der Waals surface area contributed by atoms with Crippen LogP contribution >= 0.6 is 0 Å². The van der Waals surface area contributed by atoms with Crippen LogP contribution in [-0.4, -0.2) is 64.4 Å². The molecular formula is C29H35N5O4. The molecule has 200 valence electrons. The second-order valence-electron chi connectivity index (χ2n) is 11.6. The fraction of sp³-hybridized carbons (Fsp3) is 0.517. The van der Waals surface area contributed by atoms with Crippen LogP contribution in [0.1, 0.15) is 73.2 Å². The highest BCUT2D eigenvalue weighted by molar-refractivity contribution is 6.18. The highest BCUT2D eigenvalue weighted by Crippen LogP contribution is 2.44. The van der Waals surface area contributed by atoms with Gasteiger partial charge in [0, 0.05) is 50.2 Å². The number of anilines is 1. The van der Waals surface area contributed by atoms with Gasteiger partial charge in [0.05, 0.1) is 21.9 Å². The number of carbonyl (C=O) groups excluding carboxylic acids is 2. The summed E-state index contributed by atoms with van der Waals surface area (Å²) in [6.07, 6.45) is 8.26. The smallest absolute Gasteiger partial charge is 0.303 e. The van der Waals surface area contributed by atoms with E-state index in [2.05, 4.69) is 28.1 Å². The van der Waals surface area contributed by atoms with Crippen molar-refractivity contribution in [3.05, 3.63) is 35.5 Å². The molecule has 6 rings (SSSR count). The number of amides is 2. The molecule has 2 aliphatic heterocycles. The molecule has 1 aliphatic carbocycles. The summed E-state index contributed by atoms with van der Waals surface area (Å²) in [5.41, 5.74) is 8.59. The Kier molecular flexibility index (Phi) is 6.04. The Bertz CT molecular complexity index is 1440. The second-order valence-corrected chi connectivity index (χ2v) is 11.6. The summed E-state index contributed by atoms with van der Waals surface area (Å²) in [4.78, 5) is 48.8. The van der Waals surface area contributed by atoms with Gasteiger partial charge in [0.15, 0.2) is 0 Å². The van der Waals surface area contributed by atoms with Gasteiger partial charge < -0.3 is 25.6 Å². The number of H-pyrrole nitrogens is 1. The summed E-state index contributed by atoms with van der Waals surface area (Å²) >= 11 is 0. The molecule has 0 unspecified atom stereocenters. The number of hydrogen-bond acceptors (Lipinski definition) is 5. The van der Waals surface area contributed by atoms with E-state index in [1.807, 2.05) is 11.9 Å². The lowest BCUT2D eigenvalue weighted by Crippen LogP contribution is -2.47. The number of nitrogens with zero attached hydrogens (tertiary/aromatic N) is 3. The van der Waals surface area contributed by atoms with Crippen LogP contribution in [0, 0.1) is 11.3 Å². The maximum Gasteiger partial charge on any atom is 0.303 e. The summed E-state index contributed by atoms with van der Waals surface area (Å²) in [5, 5.41) is 11.0. The summed E-state index contributed by atoms with van der Waals surface area (Å²) < 4.78 is 0. The lowest BCUT2D eigenvalue weighted by atomic mass is 9.77. The van der Waals surface area contributed by atoms with E-state index in [4.69, 9.17) is 15.8 Å². The molecule has 2 aromatic heterocycles. The Labute approximate surface area is 221 Å². The standard InChI is InChI=1S/C29H35N5O4/c1-33-12-10-29(28(33)38)9-2-11-34(16-29)27-24-20-8-7-19(18-5-3-17(4-6-18)13-23(35)36)14-22(20)32-25(24)21(15-31-27)26(30)37/h7-8,14-15,17-18,32H,2-6,9-13,16H2,1H3,(H2,30,37)(H,35,36)/t17?,18?,29-/m1/s1. The number of pyridine rings is 1. The van der Waals surface area contributed by atoms with Crippen molar-refractivity contribution in [2.75, 3.05) is 31.6 Å². The predicted octanol–water partition coefficient (Wildman–Crippen LogP) is 4.01. The lowest BCUT2D eigenvalue weighted by molar-refractivity contribution is -0.138. The number of carboxylic acid groups (broad SMARTS) is 1. The number of carboxylic acids is 1. The van der Waals surface area contributed by atoms with Crippen molar-refractivity contribution < 1.29 is 19.5 Å². The van der Waals surface area contributed by atoms with Crippen molar-refractivity contribution >= 4 is 45.4 Å². The Balaban J connectivity index is 1.37. The van der Waals surface area contributed by atoms with E-state index < -0.39 is 11.9 Å². The van der Waals surface area contributed by atoms with Gasteiger partial charge in [0.1, 0.15) is 5.82 Å². The number of rotatable bonds is 5. The van der Waals surface area contributed by atoms with E-state index in [9.17, 15) is 14.4 Å². The molecule has 0 bridgehead atoms. The fourth-order valence-electron chi connectivity index (χ4n) is 7.22. The molecule has 0 radical (unpaired) electrons. The summed E-state index contributed by atoms with van der Waals surface area (Å²) in [5.74, 6) is 0.406. The van der Waals surface area contributed by atoms with Crippen molar-refractivity contribution in [2.24, 2.45) is 17.1 Å². The number of primary amides is 1. The first-order valence-corrected chi connectivity index (χ1v) is 13.7. The van der Waals surface area contributed by atoms with E-state index in [0.717, 1.165) is 80.1 Å². The number of aromatic amines is 1. The molecule has 2 saturated heterocycles. The molecule has 3 aliphatic rings. The first kappa shape index (κ1) is 24.7. The molecule has 3 fully saturated rings. The van der Waals surface area contributed by atoms with Gasteiger partial charge in [-0.1, -0.05) is 12.1 Å². The van der Waals surface area contributed by atoms with Gasteiger partial charge in [0.25, 0.3) is 5.91 Å². The van der Waals surface area contributed by atoms with Crippen LogP contribution in [0.15, 0.2) is 24.4 Å². The minimum Gasteiger partial charge on any atom is -0.481 e. The number of nitrogens with two attached hydrogens (primary N) is 1. The zero-order chi connectivity index (χ0) is 26.6. The second kappa shape index (κ2) is 9.29. The van der Waals surface area contributed by atoms with Gasteiger partial charge in [-0.15, -0.1) is 0 Å². The Morgan fingerprint density at radius 2 is 1.97 bits per heavy atom. The van der Waals surface area contributed by atoms with E-state index in [0.29, 0.717) is 23.5 Å². The highest BCUT2D eigenvalue weighted by Gasteiger charge is 2.48. The first-order chi connectivity index (χ1) is 18.3. The molecule has 4 heterocycles. The zero-order valence-electron chi connectivity index (χ0n) is 21.8. The zero-order valence-corrected chi connectivity index (χ0v) is 21.8. The lowest BCUT2D eigenvalue weighted by Gasteiger charge is -2.39. The summed E-state index contributed by atoms with van der Waals surface area (Å²) in [6, 6.07) is 6.43. The molecular weight excluding hydrogens is 482 g/mol. The van der Waals surface area contributed by atoms with Crippen LogP contribution in [0.3, 0.4) is 0 Å². The van der Waals surface area contributed by atoms with Gasteiger partial charge in [-0.05, 0) is 68.4 Å². The number of aliphatic carboxylic acids is 1. The minimum absolute atomic E-state index is 0.217. The molecule has 3 aromatic rings. The number of likely N-dealkylation sites (tertiary alicyclic amines) is 1. The summed E-state index contributed by atoms with van der Waals surface area (Å²) in [6.45, 7) is 2.21. The summed E-state index contributed by atoms with van der Waals surface area (Å²) in [7, 11) is 1.88. The molecule has 1 atom stereocenters. The Morgan fingerprint density at radius 3 is 2.66 bits per heavy atom. The average Bonchev–Trinajstić information content (AvgIpc) is 3.41. The van der Waals surface area contributed by atoms with E-state index >= 15 is 0 Å². The molecule has 1 aromatic carbocycles. The predicted molar refractivity (Wildman–Crippen MR) is 145 cm³/mol. The average molecular weight is 518 g/mol. The van der Waals surface area contributed by atoms with Crippen molar-refractivity contribution in [1.82, 2.24) is 14.9 Å². The number of piperidine rings is 1. The normalized spacial score (nSPS) is 26.1. The van der Waals surface area contributed by atoms with Gasteiger partial charge in [0.2, 0.25) is 5.91 Å². The highest BCUT2D eigenvalue weighted by atomic mass is 16.4. The molecule has 9 heteroatoms. The van der Waals surface area contributed by atoms with Crippen LogP contribution in [0.4, 0.5) is 5.82 Å². The maximum atomic E-state index is 13.1. The van der Waals surface area contributed by atoms with Crippen molar-refractivity contribution in [2.45, 2.75) is 57.3 Å². The van der Waals surface area contributed by atoms with E-state index in [1.54, 1.807) is 6.20 Å². The number of benzene rings is 1. The fourth-order valence-corrected chi connectivity index (χ4v) is 7.22. The van der Waals surface area contributed by atoms with Crippen molar-refractivity contribution in [3.63, 3.8) is 0 Å². The molecule has 38 heavy (non-hydrogen) atoms. The van der Waals surface area contributed by atoms with Gasteiger partial charge in [-0.2, -0.15) is 0 Å². The van der Waals surface area contributed by atoms with E-state index in [1.165, 1.54) is 5.56 Å². The third kappa shape index (κ3) is 4.08. The van der Waals surface area contributed by atoms with Gasteiger partial charge in [-0.3, -0.25) is 14.4 Å². The third-order valence-electron chi connectivity index (χ3n) is 9.28. The van der Waals surface area contributed by atoms with Crippen molar-refractivity contribution in [1.29, 1.82) is 0 Å². The van der Waals surface area contributed by atoms with Crippen LogP contribution < -0.4 is 10.6 Å². The van der Waals surface area contributed by atoms with Gasteiger partial charge >= 0.3 is 5.97 Å². The van der Waals surface area contributed by atoms with Crippen LogP contribution in [0.2, 0.25) is 0 Å². The largest absolute Gasteiger partial charge is 0.481 e. The van der Waals surface area contributed by atoms with Crippen molar-refractivity contribution in [3.8, 4) is 0 Å². The maximum absolute atomic E-state index is 13.1. The Hall–Kier alpha value is -3.62. The molecule has 9 nitrogen and oxygen atoms in total. The number of carbonyl (C=O) groups is 3. The topological polar surface area (TPSA) is 133 Å². The van der Waals surface area contributed by atoms with Crippen LogP contribution in [-0.2, 0) is 9.59 Å². The van der Waals surface area contributed by atoms with Crippen LogP contribution in [0.5, 0.6) is 0 Å². The number of aromatic nitrogens is 2. The number of nitrogens with one attached hydrogen (secondary N) is 1. The molecule has 2 amide bonds. The first-order valence-electron chi connectivity index (χ1n) is 13.7. The number of fused-ring (bicyclic) bond motifs is 3. The molecule has 1 saturated carbocycles.